The molecule has 108 valence electrons. The van der Waals surface area contributed by atoms with E-state index in [1.165, 1.54) is 4.72 Å². The molecule has 0 spiro atoms. The van der Waals surface area contributed by atoms with Crippen LogP contribution in [-0.2, 0) is 10.0 Å². The molecule has 0 aliphatic heterocycles. The van der Waals surface area contributed by atoms with Crippen molar-refractivity contribution in [1.82, 2.24) is 0 Å². The van der Waals surface area contributed by atoms with Gasteiger partial charge in [0.2, 0.25) is 15.8 Å². The lowest BCUT2D eigenvalue weighted by molar-refractivity contribution is 0.382. The van der Waals surface area contributed by atoms with Crippen LogP contribution in [0.5, 0.6) is 0 Å². The summed E-state index contributed by atoms with van der Waals surface area (Å²) in [5, 5.41) is 0. The summed E-state index contributed by atoms with van der Waals surface area (Å²) in [5.41, 5.74) is -1.61. The summed E-state index contributed by atoms with van der Waals surface area (Å²) in [6.45, 7) is 0. The van der Waals surface area contributed by atoms with E-state index in [9.17, 15) is 30.4 Å². The molecular weight excluding hydrogens is 317 g/mol. The molecule has 0 amide bonds. The Morgan fingerprint density at radius 1 is 0.895 bits per heavy atom. The van der Waals surface area contributed by atoms with Gasteiger partial charge in [-0.3, -0.25) is 4.72 Å². The Hall–Kier alpha value is -1.09. The topological polar surface area (TPSA) is 46.2 Å². The van der Waals surface area contributed by atoms with E-state index < -0.39 is 50.5 Å². The molecule has 0 aliphatic carbocycles. The Morgan fingerprint density at radius 2 is 1.32 bits per heavy atom. The number of nitrogens with one attached hydrogen (secondary N) is 1. The third-order valence-electron chi connectivity index (χ3n) is 2.01. The molecule has 19 heavy (non-hydrogen) atoms. The highest BCUT2D eigenvalue weighted by Crippen LogP contribution is 2.27. The van der Waals surface area contributed by atoms with Gasteiger partial charge in [0.25, 0.3) is 0 Å². The standard InChI is InChI=1S/C9H7ClF5NO2S/c10-2-1-3-19(17,18)16-9-7(14)5(12)4(11)6(13)8(9)15/h16H,1-3H2. The minimum atomic E-state index is -4.26. The van der Waals surface area contributed by atoms with Gasteiger partial charge in [0.05, 0.1) is 5.75 Å². The highest BCUT2D eigenvalue weighted by Gasteiger charge is 2.28. The van der Waals surface area contributed by atoms with Crippen LogP contribution in [0.4, 0.5) is 27.6 Å². The van der Waals surface area contributed by atoms with Crippen LogP contribution < -0.4 is 4.72 Å². The first-order chi connectivity index (χ1) is 8.71. The third-order valence-corrected chi connectivity index (χ3v) is 3.62. The van der Waals surface area contributed by atoms with E-state index >= 15 is 0 Å². The number of sulfonamides is 1. The summed E-state index contributed by atoms with van der Waals surface area (Å²) in [4.78, 5) is 0. The molecule has 0 bridgehead atoms. The predicted octanol–water partition coefficient (Wildman–Crippen LogP) is 2.75. The van der Waals surface area contributed by atoms with Crippen molar-refractivity contribution in [3.8, 4) is 0 Å². The lowest BCUT2D eigenvalue weighted by Crippen LogP contribution is -2.20. The summed E-state index contributed by atoms with van der Waals surface area (Å²) < 4.78 is 88.7. The number of halogens is 6. The van der Waals surface area contributed by atoms with Crippen LogP contribution in [0.3, 0.4) is 0 Å². The molecular formula is C9H7ClF5NO2S. The van der Waals surface area contributed by atoms with Crippen molar-refractivity contribution >= 4 is 27.3 Å². The predicted molar refractivity (Wildman–Crippen MR) is 59.0 cm³/mol. The first kappa shape index (κ1) is 16.0. The van der Waals surface area contributed by atoms with Gasteiger partial charge in [0.1, 0.15) is 5.69 Å². The Kier molecular flexibility index (Phi) is 4.97. The maximum absolute atomic E-state index is 13.2. The maximum atomic E-state index is 13.2. The van der Waals surface area contributed by atoms with E-state index in [2.05, 4.69) is 0 Å². The van der Waals surface area contributed by atoms with Gasteiger partial charge in [-0.05, 0) is 6.42 Å². The van der Waals surface area contributed by atoms with E-state index in [0.717, 1.165) is 0 Å². The number of hydrogen-bond donors (Lipinski definition) is 1. The SMILES string of the molecule is O=S(=O)(CCCCl)Nc1c(F)c(F)c(F)c(F)c1F. The van der Waals surface area contributed by atoms with Crippen LogP contribution in [0.15, 0.2) is 0 Å². The molecule has 1 rings (SSSR count). The second-order valence-corrected chi connectivity index (χ2v) is 5.63. The highest BCUT2D eigenvalue weighted by atomic mass is 35.5. The van der Waals surface area contributed by atoms with Crippen LogP contribution in [0.2, 0.25) is 0 Å². The maximum Gasteiger partial charge on any atom is 0.232 e. The zero-order valence-electron chi connectivity index (χ0n) is 9.11. The minimum Gasteiger partial charge on any atom is -0.278 e. The molecule has 3 nitrogen and oxygen atoms in total. The van der Waals surface area contributed by atoms with E-state index in [1.54, 1.807) is 0 Å². The van der Waals surface area contributed by atoms with Crippen LogP contribution >= 0.6 is 11.6 Å². The van der Waals surface area contributed by atoms with Crippen molar-refractivity contribution in [1.29, 1.82) is 0 Å². The summed E-state index contributed by atoms with van der Waals surface area (Å²) in [5.74, 6) is -12.0. The fraction of sp³-hybridized carbons (Fsp3) is 0.333. The van der Waals surface area contributed by atoms with Gasteiger partial charge in [-0.1, -0.05) is 0 Å². The fourth-order valence-electron chi connectivity index (χ4n) is 1.15. The Labute approximate surface area is 110 Å². The van der Waals surface area contributed by atoms with Gasteiger partial charge in [0.15, 0.2) is 23.3 Å². The van der Waals surface area contributed by atoms with Crippen molar-refractivity contribution in [3.05, 3.63) is 29.1 Å². The van der Waals surface area contributed by atoms with Crippen molar-refractivity contribution in [2.24, 2.45) is 0 Å². The van der Waals surface area contributed by atoms with Crippen molar-refractivity contribution in [2.75, 3.05) is 16.4 Å². The summed E-state index contributed by atoms with van der Waals surface area (Å²) in [6.07, 6.45) is -0.0493. The first-order valence-electron chi connectivity index (χ1n) is 4.79. The molecule has 0 fully saturated rings. The molecule has 0 saturated carbocycles. The van der Waals surface area contributed by atoms with E-state index in [0.29, 0.717) is 0 Å². The first-order valence-corrected chi connectivity index (χ1v) is 6.98. The average Bonchev–Trinajstić information content (AvgIpc) is 2.37. The quantitative estimate of drug-likeness (QED) is 0.392. The number of hydrogen-bond acceptors (Lipinski definition) is 2. The molecule has 0 atom stereocenters. The van der Waals surface area contributed by atoms with Crippen LogP contribution in [0, 0.1) is 29.1 Å². The zero-order valence-corrected chi connectivity index (χ0v) is 10.7. The van der Waals surface area contributed by atoms with Crippen molar-refractivity contribution < 1.29 is 30.4 Å². The molecule has 0 saturated heterocycles. The monoisotopic (exact) mass is 323 g/mol. The highest BCUT2D eigenvalue weighted by molar-refractivity contribution is 7.92. The second-order valence-electron chi connectivity index (χ2n) is 3.41. The molecule has 0 unspecified atom stereocenters. The van der Waals surface area contributed by atoms with Gasteiger partial charge >= 0.3 is 0 Å². The van der Waals surface area contributed by atoms with Gasteiger partial charge < -0.3 is 0 Å². The van der Waals surface area contributed by atoms with Crippen molar-refractivity contribution in [3.63, 3.8) is 0 Å². The van der Waals surface area contributed by atoms with E-state index in [1.807, 2.05) is 0 Å². The third kappa shape index (κ3) is 3.47. The molecule has 10 heteroatoms. The van der Waals surface area contributed by atoms with Crippen molar-refractivity contribution in [2.45, 2.75) is 6.42 Å². The minimum absolute atomic E-state index is 0.0436. The van der Waals surface area contributed by atoms with Gasteiger partial charge in [-0.15, -0.1) is 11.6 Å². The molecule has 0 radical (unpaired) electrons. The largest absolute Gasteiger partial charge is 0.278 e. The van der Waals surface area contributed by atoms with Crippen LogP contribution in [0.25, 0.3) is 0 Å². The molecule has 0 aromatic heterocycles. The number of anilines is 1. The molecule has 1 aromatic carbocycles. The number of benzene rings is 1. The van der Waals surface area contributed by atoms with Gasteiger partial charge in [-0.2, -0.15) is 0 Å². The number of rotatable bonds is 5. The molecule has 1 N–H and O–H groups in total. The molecule has 0 heterocycles. The van der Waals surface area contributed by atoms with Crippen LogP contribution in [0.1, 0.15) is 6.42 Å². The van der Waals surface area contributed by atoms with E-state index in [4.69, 9.17) is 11.6 Å². The van der Waals surface area contributed by atoms with E-state index in [-0.39, 0.29) is 12.3 Å². The molecule has 0 aliphatic rings. The van der Waals surface area contributed by atoms with Gasteiger partial charge in [-0.25, -0.2) is 30.4 Å². The van der Waals surface area contributed by atoms with Crippen LogP contribution in [-0.4, -0.2) is 20.1 Å². The Balaban J connectivity index is 3.23. The molecule has 1 aromatic rings. The summed E-state index contributed by atoms with van der Waals surface area (Å²) >= 11 is 5.23. The smallest absolute Gasteiger partial charge is 0.232 e. The summed E-state index contributed by atoms with van der Waals surface area (Å²) in [7, 11) is -4.26. The Morgan fingerprint density at radius 3 is 1.74 bits per heavy atom. The average molecular weight is 324 g/mol. The Bertz CT molecular complexity index is 564. The summed E-state index contributed by atoms with van der Waals surface area (Å²) in [6, 6.07) is 0. The second kappa shape index (κ2) is 5.91. The van der Waals surface area contributed by atoms with Gasteiger partial charge in [0, 0.05) is 5.88 Å². The lowest BCUT2D eigenvalue weighted by Gasteiger charge is -2.11. The lowest BCUT2D eigenvalue weighted by atomic mass is 10.2. The fourth-order valence-corrected chi connectivity index (χ4v) is 2.55. The zero-order chi connectivity index (χ0) is 14.8. The number of alkyl halides is 1. The normalized spacial score (nSPS) is 11.7.